The summed E-state index contributed by atoms with van der Waals surface area (Å²) in [7, 11) is -2.39. The van der Waals surface area contributed by atoms with Gasteiger partial charge in [0.05, 0.1) is 11.5 Å². The molecule has 0 unspecified atom stereocenters. The van der Waals surface area contributed by atoms with Crippen molar-refractivity contribution in [2.75, 3.05) is 14.2 Å². The van der Waals surface area contributed by atoms with Gasteiger partial charge in [0.2, 0.25) is 0 Å². The molecule has 1 aromatic carbocycles. The fraction of sp³-hybridized carbons (Fsp3) is 0.571. The Morgan fingerprint density at radius 2 is 1.86 bits per heavy atom. The number of phosphoric acid groups is 1. The highest BCUT2D eigenvalue weighted by Gasteiger charge is 2.71. The first-order valence-electron chi connectivity index (χ1n) is 6.72. The molecule has 124 valence electrons. The summed E-state index contributed by atoms with van der Waals surface area (Å²) >= 11 is 0. The van der Waals surface area contributed by atoms with Gasteiger partial charge >= 0.3 is 13.9 Å². The van der Waals surface area contributed by atoms with E-state index in [1.165, 1.54) is 6.92 Å². The van der Waals surface area contributed by atoms with E-state index in [4.69, 9.17) is 0 Å². The number of rotatable bonds is 7. The molecule has 1 aliphatic carbocycles. The van der Waals surface area contributed by atoms with Crippen LogP contribution in [0.5, 0.6) is 0 Å². The van der Waals surface area contributed by atoms with Gasteiger partial charge in [-0.3, -0.25) is 9.05 Å². The third-order valence-electron chi connectivity index (χ3n) is 4.16. The second-order valence-corrected chi connectivity index (χ2v) is 7.31. The normalized spacial score (nSPS) is 26.7. The van der Waals surface area contributed by atoms with Crippen LogP contribution >= 0.6 is 7.82 Å². The fourth-order valence-corrected chi connectivity index (χ4v) is 3.26. The summed E-state index contributed by atoms with van der Waals surface area (Å²) in [6.07, 6.45) is -4.77. The third-order valence-corrected chi connectivity index (χ3v) is 5.51. The van der Waals surface area contributed by atoms with E-state index in [0.29, 0.717) is 5.56 Å². The lowest BCUT2D eigenvalue weighted by atomic mass is 9.97. The first kappa shape index (κ1) is 17.5. The van der Waals surface area contributed by atoms with E-state index in [9.17, 15) is 18.5 Å². The maximum absolute atomic E-state index is 14.3. The highest BCUT2D eigenvalue weighted by atomic mass is 31.2. The summed E-state index contributed by atoms with van der Waals surface area (Å²) in [4.78, 5) is 0. The molecule has 0 radical (unpaired) electrons. The molecular weight excluding hydrogens is 317 g/mol. The molecule has 1 aromatic rings. The van der Waals surface area contributed by atoms with Crippen molar-refractivity contribution >= 4 is 7.82 Å². The van der Waals surface area contributed by atoms with Crippen molar-refractivity contribution in [2.24, 2.45) is 11.3 Å². The van der Waals surface area contributed by atoms with Crippen LogP contribution in [-0.2, 0) is 18.1 Å². The Hall–Kier alpha value is -0.850. The van der Waals surface area contributed by atoms with Crippen LogP contribution in [0.25, 0.3) is 0 Å². The Morgan fingerprint density at radius 1 is 1.32 bits per heavy atom. The number of aliphatic hydroxyl groups is 1. The van der Waals surface area contributed by atoms with Crippen LogP contribution in [-0.4, -0.2) is 25.4 Å². The molecular formula is C14H19F2O5P. The van der Waals surface area contributed by atoms with Gasteiger partial charge in [0, 0.05) is 20.1 Å². The molecule has 8 heteroatoms. The van der Waals surface area contributed by atoms with E-state index in [2.05, 4.69) is 13.6 Å². The van der Waals surface area contributed by atoms with Crippen molar-refractivity contribution < 1.29 is 32.0 Å². The highest BCUT2D eigenvalue weighted by Crippen LogP contribution is 2.69. The van der Waals surface area contributed by atoms with E-state index < -0.39 is 31.4 Å². The molecule has 1 N–H and O–H groups in total. The average Bonchev–Trinajstić information content (AvgIpc) is 3.21. The van der Waals surface area contributed by atoms with Gasteiger partial charge in [-0.05, 0) is 12.0 Å². The van der Waals surface area contributed by atoms with Crippen LogP contribution in [0.4, 0.5) is 8.78 Å². The number of phosphoric ester groups is 1. The minimum absolute atomic E-state index is 0.0312. The first-order chi connectivity index (χ1) is 10.2. The number of benzene rings is 1. The van der Waals surface area contributed by atoms with Crippen LogP contribution in [0, 0.1) is 11.3 Å². The van der Waals surface area contributed by atoms with Crippen molar-refractivity contribution in [2.45, 2.75) is 25.6 Å². The zero-order chi connectivity index (χ0) is 16.6. The Balaban J connectivity index is 2.14. The molecule has 0 aromatic heterocycles. The van der Waals surface area contributed by atoms with Crippen LogP contribution in [0.2, 0.25) is 0 Å². The van der Waals surface area contributed by atoms with Crippen molar-refractivity contribution in [1.29, 1.82) is 0 Å². The molecule has 0 aliphatic heterocycles. The van der Waals surface area contributed by atoms with Crippen molar-refractivity contribution in [1.82, 2.24) is 0 Å². The molecule has 0 bridgehead atoms. The van der Waals surface area contributed by atoms with Gasteiger partial charge in [0.1, 0.15) is 0 Å². The predicted octanol–water partition coefficient (Wildman–Crippen LogP) is 3.76. The lowest BCUT2D eigenvalue weighted by Gasteiger charge is -2.27. The van der Waals surface area contributed by atoms with Crippen molar-refractivity contribution in [3.05, 3.63) is 35.9 Å². The third kappa shape index (κ3) is 3.09. The summed E-state index contributed by atoms with van der Waals surface area (Å²) in [5.41, 5.74) is -1.09. The standard InChI is InChI=1S/C14H19F2O5P/c1-13(14(15,16)21-22(18,19-2)20-3)9-11(13)12(17)10-7-5-4-6-8-10/h4-8,11-12,17H,9H2,1-3H3/t11-,12-,13+/m1/s1. The number of aliphatic hydroxyl groups excluding tert-OH is 1. The Kier molecular flexibility index (Phi) is 4.76. The number of hydrogen-bond donors (Lipinski definition) is 1. The zero-order valence-corrected chi connectivity index (χ0v) is 13.4. The van der Waals surface area contributed by atoms with Gasteiger partial charge < -0.3 is 5.11 Å². The van der Waals surface area contributed by atoms with Gasteiger partial charge in [0.25, 0.3) is 0 Å². The molecule has 0 amide bonds. The maximum Gasteiger partial charge on any atom is 0.479 e. The second-order valence-electron chi connectivity index (χ2n) is 5.50. The minimum atomic E-state index is -4.32. The number of halogens is 2. The summed E-state index contributed by atoms with van der Waals surface area (Å²) in [5, 5.41) is 10.3. The van der Waals surface area contributed by atoms with E-state index >= 15 is 0 Å². The molecule has 2 rings (SSSR count). The van der Waals surface area contributed by atoms with Crippen LogP contribution < -0.4 is 0 Å². The van der Waals surface area contributed by atoms with Gasteiger partial charge in [-0.1, -0.05) is 37.3 Å². The SMILES string of the molecule is COP(=O)(OC)OC(F)(F)[C@@]1(C)C[C@@H]1[C@H](O)c1ccccc1. The molecule has 1 saturated carbocycles. The lowest BCUT2D eigenvalue weighted by Crippen LogP contribution is -2.33. The van der Waals surface area contributed by atoms with E-state index in [1.807, 2.05) is 0 Å². The van der Waals surface area contributed by atoms with Crippen LogP contribution in [0.3, 0.4) is 0 Å². The number of hydrogen-bond acceptors (Lipinski definition) is 5. The van der Waals surface area contributed by atoms with Crippen LogP contribution in [0.15, 0.2) is 30.3 Å². The minimum Gasteiger partial charge on any atom is -0.388 e. The van der Waals surface area contributed by atoms with Crippen molar-refractivity contribution in [3.8, 4) is 0 Å². The molecule has 5 nitrogen and oxygen atoms in total. The summed E-state index contributed by atoms with van der Waals surface area (Å²) in [5.74, 6) is -0.716. The summed E-state index contributed by atoms with van der Waals surface area (Å²) in [6, 6.07) is 8.54. The molecule has 22 heavy (non-hydrogen) atoms. The molecule has 1 fully saturated rings. The Morgan fingerprint density at radius 3 is 2.36 bits per heavy atom. The fourth-order valence-electron chi connectivity index (χ4n) is 2.47. The summed E-state index contributed by atoms with van der Waals surface area (Å²) in [6.45, 7) is 1.28. The van der Waals surface area contributed by atoms with Gasteiger partial charge in [0.15, 0.2) is 0 Å². The van der Waals surface area contributed by atoms with Crippen LogP contribution in [0.1, 0.15) is 25.0 Å². The second kappa shape index (κ2) is 5.98. The quantitative estimate of drug-likeness (QED) is 0.768. The largest absolute Gasteiger partial charge is 0.479 e. The van der Waals surface area contributed by atoms with Crippen molar-refractivity contribution in [3.63, 3.8) is 0 Å². The average molecular weight is 336 g/mol. The van der Waals surface area contributed by atoms with E-state index in [1.54, 1.807) is 30.3 Å². The molecule has 0 heterocycles. The molecule has 3 atom stereocenters. The van der Waals surface area contributed by atoms with Gasteiger partial charge in [-0.25, -0.2) is 9.09 Å². The zero-order valence-electron chi connectivity index (χ0n) is 12.5. The maximum atomic E-state index is 14.3. The first-order valence-corrected chi connectivity index (χ1v) is 8.18. The number of alkyl halides is 2. The monoisotopic (exact) mass is 336 g/mol. The lowest BCUT2D eigenvalue weighted by molar-refractivity contribution is -0.239. The van der Waals surface area contributed by atoms with Gasteiger partial charge in [-0.15, -0.1) is 0 Å². The smallest absolute Gasteiger partial charge is 0.388 e. The molecule has 0 saturated heterocycles. The molecule has 0 spiro atoms. The molecule has 1 aliphatic rings. The Labute approximate surface area is 127 Å². The van der Waals surface area contributed by atoms with E-state index in [0.717, 1.165) is 14.2 Å². The summed E-state index contributed by atoms with van der Waals surface area (Å²) < 4.78 is 53.5. The van der Waals surface area contributed by atoms with Gasteiger partial charge in [-0.2, -0.15) is 8.78 Å². The Bertz CT molecular complexity index is 560. The topological polar surface area (TPSA) is 65.0 Å². The predicted molar refractivity (Wildman–Crippen MR) is 75.3 cm³/mol. The highest BCUT2D eigenvalue weighted by molar-refractivity contribution is 7.48. The van der Waals surface area contributed by atoms with E-state index in [-0.39, 0.29) is 6.42 Å².